The fraction of sp³-hybridized carbons (Fsp3) is 0.375. The lowest BCUT2D eigenvalue weighted by atomic mass is 9.96. The first-order valence-electron chi connectivity index (χ1n) is 3.93. The summed E-state index contributed by atoms with van der Waals surface area (Å²) in [5.74, 6) is -0.373. The Balaban J connectivity index is 2.40. The Morgan fingerprint density at radius 2 is 2.38 bits per heavy atom. The molecule has 5 heteroatoms. The summed E-state index contributed by atoms with van der Waals surface area (Å²) in [6.07, 6.45) is 3.15. The Hall–Kier alpha value is -1.16. The van der Waals surface area contributed by atoms with Crippen LogP contribution in [0.15, 0.2) is 21.8 Å². The number of nitrogens with zero attached hydrogens (tertiary/aromatic N) is 2. The molecule has 1 N–H and O–H groups in total. The fourth-order valence-corrected chi connectivity index (χ4v) is 1.75. The van der Waals surface area contributed by atoms with E-state index in [-0.39, 0.29) is 17.9 Å². The van der Waals surface area contributed by atoms with Crippen LogP contribution < -0.4 is 5.32 Å². The van der Waals surface area contributed by atoms with Gasteiger partial charge in [-0.3, -0.25) is 9.79 Å². The molecule has 2 aliphatic rings. The number of aliphatic imine (C=N–C) groups is 2. The first kappa shape index (κ1) is 8.44. The van der Waals surface area contributed by atoms with E-state index in [2.05, 4.69) is 15.3 Å². The second-order valence-electron chi connectivity index (χ2n) is 3.00. The maximum absolute atomic E-state index is 11.4. The van der Waals surface area contributed by atoms with Gasteiger partial charge in [0.15, 0.2) is 0 Å². The number of carbonyl (C=O) groups excluding carboxylic acids is 1. The molecule has 0 aromatic heterocycles. The van der Waals surface area contributed by atoms with E-state index in [0.717, 1.165) is 5.70 Å². The van der Waals surface area contributed by atoms with Crippen LogP contribution in [0.5, 0.6) is 0 Å². The number of rotatable bonds is 0. The van der Waals surface area contributed by atoms with Gasteiger partial charge in [0.25, 0.3) is 0 Å². The van der Waals surface area contributed by atoms with Crippen molar-refractivity contribution < 1.29 is 4.79 Å². The quantitative estimate of drug-likeness (QED) is 0.610. The second kappa shape index (κ2) is 2.96. The minimum atomic E-state index is -0.320. The topological polar surface area (TPSA) is 53.8 Å². The third kappa shape index (κ3) is 1.37. The molecule has 0 radical (unpaired) electrons. The Bertz CT molecular complexity index is 345. The van der Waals surface area contributed by atoms with Crippen LogP contribution >= 0.6 is 11.6 Å². The third-order valence-electron chi connectivity index (χ3n) is 2.03. The molecule has 0 aromatic rings. The monoisotopic (exact) mass is 197 g/mol. The van der Waals surface area contributed by atoms with Crippen LogP contribution in [0.25, 0.3) is 0 Å². The third-order valence-corrected chi connectivity index (χ3v) is 2.34. The molecule has 2 heterocycles. The largest absolute Gasteiger partial charge is 0.317 e. The van der Waals surface area contributed by atoms with Crippen LogP contribution in [0.2, 0.25) is 0 Å². The molecule has 0 aromatic carbocycles. The normalized spacial score (nSPS) is 31.7. The average Bonchev–Trinajstić information content (AvgIpc) is 2.07. The van der Waals surface area contributed by atoms with Crippen molar-refractivity contribution >= 4 is 29.0 Å². The van der Waals surface area contributed by atoms with Gasteiger partial charge in [-0.05, 0) is 13.0 Å². The van der Waals surface area contributed by atoms with Crippen molar-refractivity contribution in [3.63, 3.8) is 0 Å². The molecule has 2 rings (SSSR count). The molecule has 68 valence electrons. The van der Waals surface area contributed by atoms with Crippen molar-refractivity contribution in [3.8, 4) is 0 Å². The highest BCUT2D eigenvalue weighted by Gasteiger charge is 2.34. The SMILES string of the molecule is CC1=CC2C(=O)NC=NC2C(Cl)=N1. The summed E-state index contributed by atoms with van der Waals surface area (Å²) in [7, 11) is 0. The molecule has 4 nitrogen and oxygen atoms in total. The summed E-state index contributed by atoms with van der Waals surface area (Å²) in [5.41, 5.74) is 0.763. The van der Waals surface area contributed by atoms with Crippen molar-refractivity contribution in [3.05, 3.63) is 11.8 Å². The Morgan fingerprint density at radius 3 is 3.15 bits per heavy atom. The van der Waals surface area contributed by atoms with Gasteiger partial charge in [-0.1, -0.05) is 11.6 Å². The lowest BCUT2D eigenvalue weighted by molar-refractivity contribution is -0.122. The zero-order chi connectivity index (χ0) is 9.42. The fourth-order valence-electron chi connectivity index (χ4n) is 1.42. The minimum Gasteiger partial charge on any atom is -0.317 e. The molecule has 0 aliphatic carbocycles. The highest BCUT2D eigenvalue weighted by atomic mass is 35.5. The van der Waals surface area contributed by atoms with Gasteiger partial charge in [0.2, 0.25) is 5.91 Å². The summed E-state index contributed by atoms with van der Waals surface area (Å²) in [4.78, 5) is 19.5. The maximum atomic E-state index is 11.4. The first-order chi connectivity index (χ1) is 6.18. The molecular weight excluding hydrogens is 190 g/mol. The predicted octanol–water partition coefficient (Wildman–Crippen LogP) is 0.684. The number of hydrogen-bond acceptors (Lipinski definition) is 3. The lowest BCUT2D eigenvalue weighted by Gasteiger charge is -2.25. The van der Waals surface area contributed by atoms with Crippen LogP contribution in [0.1, 0.15) is 6.92 Å². The standard InChI is InChI=1S/C8H8ClN3O/c1-4-2-5-6(7(9)12-4)10-3-11-8(5)13/h2-3,5-6H,1H3,(H,10,11,13). The van der Waals surface area contributed by atoms with E-state index >= 15 is 0 Å². The van der Waals surface area contributed by atoms with Crippen LogP contribution in [0.4, 0.5) is 0 Å². The number of carbonyl (C=O) groups is 1. The van der Waals surface area contributed by atoms with Gasteiger partial charge in [-0.2, -0.15) is 0 Å². The van der Waals surface area contributed by atoms with E-state index in [9.17, 15) is 4.79 Å². The Labute approximate surface area is 80.4 Å². The van der Waals surface area contributed by atoms with Crippen molar-refractivity contribution in [2.45, 2.75) is 13.0 Å². The lowest BCUT2D eigenvalue weighted by Crippen LogP contribution is -2.43. The van der Waals surface area contributed by atoms with Crippen molar-refractivity contribution in [1.82, 2.24) is 5.32 Å². The van der Waals surface area contributed by atoms with Gasteiger partial charge in [0, 0.05) is 5.70 Å². The molecule has 0 saturated carbocycles. The Kier molecular flexibility index (Phi) is 1.92. The molecule has 2 aliphatic heterocycles. The summed E-state index contributed by atoms with van der Waals surface area (Å²) in [6.45, 7) is 1.81. The number of amides is 1. The molecule has 0 bridgehead atoms. The Morgan fingerprint density at radius 1 is 1.62 bits per heavy atom. The van der Waals surface area contributed by atoms with Gasteiger partial charge in [0.1, 0.15) is 11.2 Å². The molecule has 2 unspecified atom stereocenters. The van der Waals surface area contributed by atoms with Crippen LogP contribution in [-0.4, -0.2) is 23.5 Å². The van der Waals surface area contributed by atoms with Gasteiger partial charge in [-0.25, -0.2) is 4.99 Å². The molecule has 13 heavy (non-hydrogen) atoms. The second-order valence-corrected chi connectivity index (χ2v) is 3.39. The summed E-state index contributed by atoms with van der Waals surface area (Å²) >= 11 is 5.87. The van der Waals surface area contributed by atoms with E-state index < -0.39 is 0 Å². The average molecular weight is 198 g/mol. The molecule has 0 spiro atoms. The summed E-state index contributed by atoms with van der Waals surface area (Å²) in [5, 5.41) is 2.92. The van der Waals surface area contributed by atoms with Crippen molar-refractivity contribution in [2.75, 3.05) is 0 Å². The number of allylic oxidation sites excluding steroid dienone is 1. The maximum Gasteiger partial charge on any atom is 0.234 e. The molecule has 1 amide bonds. The summed E-state index contributed by atoms with van der Waals surface area (Å²) in [6, 6.07) is -0.320. The number of hydrogen-bond donors (Lipinski definition) is 1. The zero-order valence-corrected chi connectivity index (χ0v) is 7.75. The van der Waals surface area contributed by atoms with Gasteiger partial charge < -0.3 is 5.32 Å². The van der Waals surface area contributed by atoms with E-state index in [1.807, 2.05) is 6.92 Å². The predicted molar refractivity (Wildman–Crippen MR) is 51.0 cm³/mol. The first-order valence-corrected chi connectivity index (χ1v) is 4.31. The van der Waals surface area contributed by atoms with Crippen molar-refractivity contribution in [1.29, 1.82) is 0 Å². The molecule has 0 saturated heterocycles. The van der Waals surface area contributed by atoms with Crippen LogP contribution in [0, 0.1) is 5.92 Å². The van der Waals surface area contributed by atoms with Crippen LogP contribution in [0.3, 0.4) is 0 Å². The molecule has 0 fully saturated rings. The van der Waals surface area contributed by atoms with E-state index in [1.54, 1.807) is 6.08 Å². The van der Waals surface area contributed by atoms with Crippen LogP contribution in [-0.2, 0) is 4.79 Å². The number of halogens is 1. The zero-order valence-electron chi connectivity index (χ0n) is 6.99. The van der Waals surface area contributed by atoms with Gasteiger partial charge in [0.05, 0.1) is 12.3 Å². The summed E-state index contributed by atoms with van der Waals surface area (Å²) < 4.78 is 0. The van der Waals surface area contributed by atoms with E-state index in [1.165, 1.54) is 6.34 Å². The number of fused-ring (bicyclic) bond motifs is 1. The molecule has 2 atom stereocenters. The van der Waals surface area contributed by atoms with Gasteiger partial charge >= 0.3 is 0 Å². The van der Waals surface area contributed by atoms with Gasteiger partial charge in [-0.15, -0.1) is 0 Å². The smallest absolute Gasteiger partial charge is 0.234 e. The highest BCUT2D eigenvalue weighted by Crippen LogP contribution is 2.23. The van der Waals surface area contributed by atoms with E-state index in [0.29, 0.717) is 5.17 Å². The highest BCUT2D eigenvalue weighted by molar-refractivity contribution is 6.67. The minimum absolute atomic E-state index is 0.0765. The van der Waals surface area contributed by atoms with Crippen molar-refractivity contribution in [2.24, 2.45) is 15.9 Å². The van der Waals surface area contributed by atoms with E-state index in [4.69, 9.17) is 11.6 Å². The molecular formula is C8H8ClN3O. The number of nitrogens with one attached hydrogen (secondary N) is 1.